The van der Waals surface area contributed by atoms with E-state index in [2.05, 4.69) is 0 Å². The van der Waals surface area contributed by atoms with Gasteiger partial charge < -0.3 is 25.6 Å². The predicted octanol–water partition coefficient (Wildman–Crippen LogP) is 0.0724. The van der Waals surface area contributed by atoms with Gasteiger partial charge in [0.05, 0.1) is 12.6 Å². The van der Waals surface area contributed by atoms with Crippen molar-refractivity contribution in [1.82, 2.24) is 4.90 Å². The summed E-state index contributed by atoms with van der Waals surface area (Å²) >= 11 is 0. The quantitative estimate of drug-likeness (QED) is 0.635. The lowest BCUT2D eigenvalue weighted by Gasteiger charge is -2.21. The molecular weight excluding hydrogens is 248 g/mol. The highest BCUT2D eigenvalue weighted by molar-refractivity contribution is 5.81. The summed E-state index contributed by atoms with van der Waals surface area (Å²) in [6, 6.07) is 3.71. The molecule has 0 fully saturated rings. The van der Waals surface area contributed by atoms with Gasteiger partial charge in [-0.15, -0.1) is 0 Å². The van der Waals surface area contributed by atoms with E-state index < -0.39 is 6.04 Å². The maximum Gasteiger partial charge on any atom is 0.239 e. The lowest BCUT2D eigenvalue weighted by molar-refractivity contribution is -0.131. The second-order valence-corrected chi connectivity index (χ2v) is 4.39. The first-order valence-electron chi connectivity index (χ1n) is 5.96. The van der Waals surface area contributed by atoms with E-state index in [1.807, 2.05) is 0 Å². The topological polar surface area (TPSA) is 96.0 Å². The van der Waals surface area contributed by atoms with Crippen LogP contribution >= 0.6 is 0 Å². The molecule has 0 saturated carbocycles. The average Bonchev–Trinajstić information content (AvgIpc) is 2.39. The van der Waals surface area contributed by atoms with Gasteiger partial charge in [0.2, 0.25) is 5.91 Å². The van der Waals surface area contributed by atoms with Gasteiger partial charge in [0.1, 0.15) is 0 Å². The first-order valence-corrected chi connectivity index (χ1v) is 5.96. The second-order valence-electron chi connectivity index (χ2n) is 4.39. The van der Waals surface area contributed by atoms with Crippen LogP contribution in [0, 0.1) is 0 Å². The van der Waals surface area contributed by atoms with Crippen LogP contribution in [0.25, 0.3) is 0 Å². The molecule has 0 bridgehead atoms. The molecule has 4 N–H and O–H groups in total. The summed E-state index contributed by atoms with van der Waals surface area (Å²) in [5.41, 5.74) is 6.52. The van der Waals surface area contributed by atoms with Crippen molar-refractivity contribution in [2.75, 3.05) is 27.3 Å². The Morgan fingerprint density at radius 3 is 2.68 bits per heavy atom. The molecule has 0 aliphatic rings. The molecule has 19 heavy (non-hydrogen) atoms. The third-order valence-electron chi connectivity index (χ3n) is 2.82. The highest BCUT2D eigenvalue weighted by Gasteiger charge is 2.18. The fraction of sp³-hybridized carbons (Fsp3) is 0.462. The van der Waals surface area contributed by atoms with E-state index in [1.54, 1.807) is 20.2 Å². The van der Waals surface area contributed by atoms with Crippen LogP contribution in [0.4, 0.5) is 0 Å². The summed E-state index contributed by atoms with van der Waals surface area (Å²) in [6.07, 6.45) is 0.296. The lowest BCUT2D eigenvalue weighted by Crippen LogP contribution is -2.44. The molecule has 0 aliphatic heterocycles. The maximum atomic E-state index is 11.9. The van der Waals surface area contributed by atoms with Gasteiger partial charge in [0, 0.05) is 20.7 Å². The van der Waals surface area contributed by atoms with Crippen LogP contribution in [-0.2, 0) is 16.0 Å². The van der Waals surface area contributed by atoms with Crippen molar-refractivity contribution in [3.05, 3.63) is 23.8 Å². The van der Waals surface area contributed by atoms with Crippen molar-refractivity contribution < 1.29 is 19.7 Å². The van der Waals surface area contributed by atoms with E-state index in [4.69, 9.17) is 10.5 Å². The molecule has 0 spiro atoms. The number of methoxy groups -OCH3 is 1. The van der Waals surface area contributed by atoms with Crippen LogP contribution in [0.3, 0.4) is 0 Å². The van der Waals surface area contributed by atoms with Gasteiger partial charge >= 0.3 is 0 Å². The van der Waals surface area contributed by atoms with Gasteiger partial charge in [-0.3, -0.25) is 4.79 Å². The summed E-state index contributed by atoms with van der Waals surface area (Å²) in [5, 5.41) is 18.6. The van der Waals surface area contributed by atoms with Gasteiger partial charge in [-0.2, -0.15) is 0 Å². The number of nitrogens with zero attached hydrogens (tertiary/aromatic N) is 1. The maximum absolute atomic E-state index is 11.9. The van der Waals surface area contributed by atoms with Crippen LogP contribution in [0.1, 0.15) is 5.56 Å². The first-order chi connectivity index (χ1) is 8.95. The normalized spacial score (nSPS) is 12.2. The third-order valence-corrected chi connectivity index (χ3v) is 2.82. The molecule has 6 heteroatoms. The molecule has 6 nitrogen and oxygen atoms in total. The number of aromatic hydroxyl groups is 2. The fourth-order valence-corrected chi connectivity index (χ4v) is 1.66. The smallest absolute Gasteiger partial charge is 0.239 e. The predicted molar refractivity (Wildman–Crippen MR) is 71.0 cm³/mol. The first kappa shape index (κ1) is 15.3. The molecule has 1 amide bonds. The number of carbonyl (C=O) groups excluding carboxylic acids is 1. The number of benzene rings is 1. The zero-order chi connectivity index (χ0) is 14.4. The van der Waals surface area contributed by atoms with Crippen molar-refractivity contribution >= 4 is 5.91 Å². The van der Waals surface area contributed by atoms with E-state index in [1.165, 1.54) is 17.0 Å². The van der Waals surface area contributed by atoms with E-state index in [9.17, 15) is 15.0 Å². The van der Waals surface area contributed by atoms with Gasteiger partial charge in [-0.05, 0) is 24.1 Å². The van der Waals surface area contributed by atoms with Gasteiger partial charge in [-0.1, -0.05) is 6.07 Å². The SMILES string of the molecule is COCCN(C)C(=O)[C@@H](N)Cc1ccc(O)c(O)c1. The molecule has 106 valence electrons. The Bertz CT molecular complexity index is 437. The second kappa shape index (κ2) is 6.96. The van der Waals surface area contributed by atoms with Crippen LogP contribution < -0.4 is 5.73 Å². The largest absolute Gasteiger partial charge is 0.504 e. The monoisotopic (exact) mass is 268 g/mol. The Hall–Kier alpha value is -1.79. The van der Waals surface area contributed by atoms with Crippen LogP contribution in [0.5, 0.6) is 11.5 Å². The Kier molecular flexibility index (Phi) is 5.59. The summed E-state index contributed by atoms with van der Waals surface area (Å²) in [6.45, 7) is 0.929. The number of hydrogen-bond donors (Lipinski definition) is 3. The average molecular weight is 268 g/mol. The minimum atomic E-state index is -0.689. The standard InChI is InChI=1S/C13H20N2O4/c1-15(5-6-19-2)13(18)10(14)7-9-3-4-11(16)12(17)8-9/h3-4,8,10,16-17H,5-7,14H2,1-2H3/t10-/m0/s1. The summed E-state index contributed by atoms with van der Waals surface area (Å²) in [7, 11) is 3.23. The van der Waals surface area contributed by atoms with E-state index in [0.29, 0.717) is 25.1 Å². The molecule has 1 atom stereocenters. The van der Waals surface area contributed by atoms with Crippen LogP contribution in [0.15, 0.2) is 18.2 Å². The number of likely N-dealkylation sites (N-methyl/N-ethyl adjacent to an activating group) is 1. The lowest BCUT2D eigenvalue weighted by atomic mass is 10.0. The van der Waals surface area contributed by atoms with Crippen molar-refractivity contribution in [3.63, 3.8) is 0 Å². The number of phenolic OH excluding ortho intramolecular Hbond substituents is 2. The number of ether oxygens (including phenoxy) is 1. The number of rotatable bonds is 6. The highest BCUT2D eigenvalue weighted by Crippen LogP contribution is 2.25. The zero-order valence-corrected chi connectivity index (χ0v) is 11.2. The molecule has 1 aromatic carbocycles. The molecule has 0 heterocycles. The number of hydrogen-bond acceptors (Lipinski definition) is 5. The molecule has 0 aliphatic carbocycles. The minimum Gasteiger partial charge on any atom is -0.504 e. The Labute approximate surface area is 112 Å². The number of phenols is 2. The number of carbonyl (C=O) groups is 1. The van der Waals surface area contributed by atoms with E-state index >= 15 is 0 Å². The van der Waals surface area contributed by atoms with Gasteiger partial charge in [0.25, 0.3) is 0 Å². The number of amides is 1. The number of nitrogens with two attached hydrogens (primary N) is 1. The van der Waals surface area contributed by atoms with Crippen molar-refractivity contribution in [3.8, 4) is 11.5 Å². The molecule has 0 saturated heterocycles. The summed E-state index contributed by atoms with van der Waals surface area (Å²) in [4.78, 5) is 13.4. The van der Waals surface area contributed by atoms with Gasteiger partial charge in [0.15, 0.2) is 11.5 Å². The van der Waals surface area contributed by atoms with E-state index in [-0.39, 0.29) is 17.4 Å². The summed E-state index contributed by atoms with van der Waals surface area (Å²) in [5.74, 6) is -0.602. The van der Waals surface area contributed by atoms with Crippen molar-refractivity contribution in [1.29, 1.82) is 0 Å². The molecule has 0 aromatic heterocycles. The highest BCUT2D eigenvalue weighted by atomic mass is 16.5. The molecule has 0 radical (unpaired) electrons. The Morgan fingerprint density at radius 2 is 2.11 bits per heavy atom. The summed E-state index contributed by atoms with van der Waals surface area (Å²) < 4.78 is 4.89. The minimum absolute atomic E-state index is 0.190. The van der Waals surface area contributed by atoms with E-state index in [0.717, 1.165) is 0 Å². The zero-order valence-electron chi connectivity index (χ0n) is 11.2. The molecular formula is C13H20N2O4. The van der Waals surface area contributed by atoms with Gasteiger partial charge in [-0.25, -0.2) is 0 Å². The fourth-order valence-electron chi connectivity index (χ4n) is 1.66. The van der Waals surface area contributed by atoms with Crippen LogP contribution in [0.2, 0.25) is 0 Å². The molecule has 0 unspecified atom stereocenters. The van der Waals surface area contributed by atoms with Crippen molar-refractivity contribution in [2.45, 2.75) is 12.5 Å². The molecule has 1 aromatic rings. The van der Waals surface area contributed by atoms with Crippen molar-refractivity contribution in [2.24, 2.45) is 5.73 Å². The third kappa shape index (κ3) is 4.42. The van der Waals surface area contributed by atoms with Crippen LogP contribution in [-0.4, -0.2) is 54.4 Å². The molecule has 1 rings (SSSR count). The Morgan fingerprint density at radius 1 is 1.42 bits per heavy atom. The Balaban J connectivity index is 2.60.